The average molecular weight is 297 g/mol. The summed E-state index contributed by atoms with van der Waals surface area (Å²) in [5, 5.41) is 0. The van der Waals surface area contributed by atoms with E-state index in [0.29, 0.717) is 18.2 Å². The Morgan fingerprint density at radius 3 is 2.10 bits per heavy atom. The number of halogens is 3. The molecular weight excluding hydrogens is 275 g/mol. The van der Waals surface area contributed by atoms with Crippen molar-refractivity contribution in [2.24, 2.45) is 0 Å². The van der Waals surface area contributed by atoms with Crippen LogP contribution in [0.2, 0.25) is 0 Å². The molecule has 0 aliphatic heterocycles. The Morgan fingerprint density at radius 1 is 1.24 bits per heavy atom. The molecule has 1 aromatic rings. The molecule has 1 aliphatic carbocycles. The lowest BCUT2D eigenvalue weighted by atomic mass is 9.94. The fourth-order valence-corrected chi connectivity index (χ4v) is 2.75. The second-order valence-electron chi connectivity index (χ2n) is 6.23. The molecule has 0 N–H and O–H groups in total. The monoisotopic (exact) mass is 297 g/mol. The van der Waals surface area contributed by atoms with Crippen LogP contribution in [0.4, 0.5) is 13.2 Å². The van der Waals surface area contributed by atoms with E-state index < -0.39 is 11.6 Å². The zero-order valence-corrected chi connectivity index (χ0v) is 12.8. The summed E-state index contributed by atoms with van der Waals surface area (Å²) in [4.78, 5) is 2.13. The molecule has 1 saturated carbocycles. The fourth-order valence-electron chi connectivity index (χ4n) is 2.75. The van der Waals surface area contributed by atoms with Crippen molar-refractivity contribution in [2.75, 3.05) is 0 Å². The Morgan fingerprint density at radius 2 is 1.76 bits per heavy atom. The Bertz CT molecular complexity index is 510. The maximum absolute atomic E-state index is 13.1. The van der Waals surface area contributed by atoms with Crippen molar-refractivity contribution in [2.45, 2.75) is 57.8 Å². The van der Waals surface area contributed by atoms with Crippen LogP contribution in [-0.4, -0.2) is 17.1 Å². The van der Waals surface area contributed by atoms with Gasteiger partial charge in [-0.3, -0.25) is 0 Å². The highest BCUT2D eigenvalue weighted by atomic mass is 19.4. The third-order valence-corrected chi connectivity index (χ3v) is 4.27. The molecule has 0 spiro atoms. The van der Waals surface area contributed by atoms with Gasteiger partial charge >= 0.3 is 6.18 Å². The first kappa shape index (κ1) is 15.9. The van der Waals surface area contributed by atoms with Crippen LogP contribution in [0.3, 0.4) is 0 Å². The van der Waals surface area contributed by atoms with E-state index in [-0.39, 0.29) is 12.8 Å². The van der Waals surface area contributed by atoms with Crippen LogP contribution in [0.1, 0.15) is 44.7 Å². The number of hydrogen-bond donors (Lipinski definition) is 0. The molecule has 0 radical (unpaired) electrons. The van der Waals surface area contributed by atoms with Gasteiger partial charge in [-0.05, 0) is 44.7 Å². The van der Waals surface area contributed by atoms with Crippen LogP contribution in [0.25, 0.3) is 0 Å². The van der Waals surface area contributed by atoms with Crippen LogP contribution in [0.15, 0.2) is 36.5 Å². The maximum Gasteiger partial charge on any atom is 0.398 e. The molecule has 0 amide bonds. The quantitative estimate of drug-likeness (QED) is 0.737. The first-order valence-corrected chi connectivity index (χ1v) is 7.26. The van der Waals surface area contributed by atoms with Gasteiger partial charge in [-0.25, -0.2) is 0 Å². The van der Waals surface area contributed by atoms with Gasteiger partial charge in [-0.2, -0.15) is 13.2 Å². The molecule has 21 heavy (non-hydrogen) atoms. The fraction of sp³-hybridized carbons (Fsp3) is 0.529. The molecule has 1 aliphatic rings. The second kappa shape index (κ2) is 5.39. The lowest BCUT2D eigenvalue weighted by Crippen LogP contribution is -2.29. The van der Waals surface area contributed by atoms with Gasteiger partial charge in [0.1, 0.15) is 0 Å². The van der Waals surface area contributed by atoms with Gasteiger partial charge in [0.2, 0.25) is 0 Å². The summed E-state index contributed by atoms with van der Waals surface area (Å²) in [6, 6.07) is 7.19. The molecule has 0 unspecified atom stereocenters. The number of hydrogen-bond acceptors (Lipinski definition) is 1. The van der Waals surface area contributed by atoms with E-state index >= 15 is 0 Å². The van der Waals surface area contributed by atoms with Gasteiger partial charge in [0.25, 0.3) is 0 Å². The van der Waals surface area contributed by atoms with Crippen molar-refractivity contribution in [3.63, 3.8) is 0 Å². The number of alkyl halides is 3. The summed E-state index contributed by atoms with van der Waals surface area (Å²) in [7, 11) is 0. The van der Waals surface area contributed by atoms with E-state index in [1.165, 1.54) is 0 Å². The molecular formula is C17H22F3N. The lowest BCUT2D eigenvalue weighted by molar-refractivity contribution is -0.160. The van der Waals surface area contributed by atoms with E-state index in [2.05, 4.69) is 25.3 Å². The molecule has 2 rings (SSSR count). The minimum absolute atomic E-state index is 0.208. The number of nitrogens with zero attached hydrogens (tertiary/aromatic N) is 1. The predicted molar refractivity (Wildman–Crippen MR) is 78.9 cm³/mol. The van der Waals surface area contributed by atoms with Crippen molar-refractivity contribution < 1.29 is 13.2 Å². The zero-order valence-electron chi connectivity index (χ0n) is 12.8. The van der Waals surface area contributed by atoms with E-state index in [0.717, 1.165) is 11.3 Å². The van der Waals surface area contributed by atoms with Gasteiger partial charge in [-0.15, -0.1) is 0 Å². The standard InChI is InChI=1S/C17H22F3N/c1-12(2)21(13(3)4)11-14-5-7-15(8-6-14)16(9-10-16)17(18,19)20/h5-8,13H,1,9-11H2,2-4H3. The minimum Gasteiger partial charge on any atom is -0.369 e. The lowest BCUT2D eigenvalue weighted by Gasteiger charge is -2.29. The molecule has 116 valence electrons. The second-order valence-corrected chi connectivity index (χ2v) is 6.23. The summed E-state index contributed by atoms with van der Waals surface area (Å²) in [6.45, 7) is 10.7. The minimum atomic E-state index is -4.14. The molecule has 1 aromatic carbocycles. The van der Waals surface area contributed by atoms with Gasteiger partial charge < -0.3 is 4.90 Å². The summed E-state index contributed by atoms with van der Waals surface area (Å²) >= 11 is 0. The van der Waals surface area contributed by atoms with E-state index in [9.17, 15) is 13.2 Å². The highest BCUT2D eigenvalue weighted by molar-refractivity contribution is 5.35. The van der Waals surface area contributed by atoms with Crippen LogP contribution in [0.5, 0.6) is 0 Å². The third-order valence-electron chi connectivity index (χ3n) is 4.27. The first-order valence-electron chi connectivity index (χ1n) is 7.26. The molecule has 0 heterocycles. The van der Waals surface area contributed by atoms with E-state index in [1.54, 1.807) is 24.3 Å². The largest absolute Gasteiger partial charge is 0.398 e. The number of rotatable bonds is 5. The first-order chi connectivity index (χ1) is 9.67. The zero-order chi connectivity index (χ0) is 15.8. The molecule has 0 bridgehead atoms. The highest BCUT2D eigenvalue weighted by Gasteiger charge is 2.64. The van der Waals surface area contributed by atoms with Gasteiger partial charge in [0.15, 0.2) is 0 Å². The van der Waals surface area contributed by atoms with Crippen molar-refractivity contribution in [1.82, 2.24) is 4.90 Å². The van der Waals surface area contributed by atoms with E-state index in [1.807, 2.05) is 6.92 Å². The van der Waals surface area contributed by atoms with Gasteiger partial charge in [0, 0.05) is 18.3 Å². The Balaban J connectivity index is 2.15. The van der Waals surface area contributed by atoms with Crippen LogP contribution in [-0.2, 0) is 12.0 Å². The normalized spacial score (nSPS) is 16.9. The maximum atomic E-state index is 13.1. The van der Waals surface area contributed by atoms with Crippen LogP contribution < -0.4 is 0 Å². The van der Waals surface area contributed by atoms with Crippen molar-refractivity contribution >= 4 is 0 Å². The van der Waals surface area contributed by atoms with E-state index in [4.69, 9.17) is 0 Å². The highest BCUT2D eigenvalue weighted by Crippen LogP contribution is 2.58. The molecule has 0 aromatic heterocycles. The molecule has 1 fully saturated rings. The number of benzene rings is 1. The smallest absolute Gasteiger partial charge is 0.369 e. The van der Waals surface area contributed by atoms with Crippen molar-refractivity contribution in [3.8, 4) is 0 Å². The molecule has 1 nitrogen and oxygen atoms in total. The Hall–Kier alpha value is -1.45. The van der Waals surface area contributed by atoms with Crippen LogP contribution >= 0.6 is 0 Å². The summed E-state index contributed by atoms with van der Waals surface area (Å²) in [6.07, 6.45) is -3.73. The van der Waals surface area contributed by atoms with Gasteiger partial charge in [0.05, 0.1) is 5.41 Å². The topological polar surface area (TPSA) is 3.24 Å². The summed E-state index contributed by atoms with van der Waals surface area (Å²) in [5.41, 5.74) is 0.777. The molecule has 0 saturated heterocycles. The molecule has 4 heteroatoms. The predicted octanol–water partition coefficient (Wildman–Crippen LogP) is 5.02. The van der Waals surface area contributed by atoms with Crippen molar-refractivity contribution in [1.29, 1.82) is 0 Å². The average Bonchev–Trinajstić information content (AvgIpc) is 3.16. The SMILES string of the molecule is C=C(C)N(Cc1ccc(C2(C(F)(F)F)CC2)cc1)C(C)C. The van der Waals surface area contributed by atoms with Crippen molar-refractivity contribution in [3.05, 3.63) is 47.7 Å². The molecule has 0 atom stereocenters. The third kappa shape index (κ3) is 3.09. The Kier molecular flexibility index (Phi) is 4.09. The summed E-state index contributed by atoms with van der Waals surface area (Å²) in [5.74, 6) is 0. The summed E-state index contributed by atoms with van der Waals surface area (Å²) < 4.78 is 39.3. The number of allylic oxidation sites excluding steroid dienone is 1. The van der Waals surface area contributed by atoms with Gasteiger partial charge in [-0.1, -0.05) is 30.8 Å². The van der Waals surface area contributed by atoms with Crippen LogP contribution in [0, 0.1) is 0 Å². The Labute approximate surface area is 124 Å².